The molecule has 0 heterocycles. The quantitative estimate of drug-likeness (QED) is 0.542. The molecule has 0 unspecified atom stereocenters. The van der Waals surface area contributed by atoms with Gasteiger partial charge in [0, 0.05) is 5.41 Å². The van der Waals surface area contributed by atoms with Gasteiger partial charge in [0.1, 0.15) is 0 Å². The molecule has 0 amide bonds. The average molecular weight is 349 g/mol. The fraction of sp³-hybridized carbons (Fsp3) is 0.650. The second kappa shape index (κ2) is 6.64. The lowest BCUT2D eigenvalue weighted by molar-refractivity contribution is -0.142. The van der Waals surface area contributed by atoms with Gasteiger partial charge in [-0.3, -0.25) is 4.79 Å². The molecule has 1 aromatic carbocycles. The molecule has 2 rings (SSSR count). The predicted molar refractivity (Wildman–Crippen MR) is 101 cm³/mol. The third-order valence-electron chi connectivity index (χ3n) is 5.92. The monoisotopic (exact) mass is 348 g/mol. The van der Waals surface area contributed by atoms with Crippen molar-refractivity contribution >= 4 is 14.3 Å². The second-order valence-electron chi connectivity index (χ2n) is 8.81. The molecule has 0 bridgehead atoms. The topological polar surface area (TPSA) is 35.5 Å². The van der Waals surface area contributed by atoms with Crippen LogP contribution < -0.4 is 0 Å². The van der Waals surface area contributed by atoms with E-state index < -0.39 is 8.32 Å². The summed E-state index contributed by atoms with van der Waals surface area (Å²) < 4.78 is 11.6. The lowest BCUT2D eigenvalue weighted by Gasteiger charge is -2.44. The first-order valence-electron chi connectivity index (χ1n) is 8.84. The molecule has 0 saturated heterocycles. The van der Waals surface area contributed by atoms with E-state index in [-0.39, 0.29) is 22.5 Å². The summed E-state index contributed by atoms with van der Waals surface area (Å²) in [6.45, 7) is 13.6. The number of hydrogen-bond acceptors (Lipinski definition) is 3. The molecule has 2 atom stereocenters. The highest BCUT2D eigenvalue weighted by atomic mass is 28.4. The van der Waals surface area contributed by atoms with E-state index in [2.05, 4.69) is 65.1 Å². The molecule has 1 aliphatic carbocycles. The first-order valence-corrected chi connectivity index (χ1v) is 11.7. The summed E-state index contributed by atoms with van der Waals surface area (Å²) in [4.78, 5) is 11.9. The third kappa shape index (κ3) is 3.75. The first kappa shape index (κ1) is 19.2. The number of rotatable bonds is 4. The van der Waals surface area contributed by atoms with Crippen LogP contribution in [0.4, 0.5) is 0 Å². The Morgan fingerprint density at radius 1 is 1.29 bits per heavy atom. The standard InChI is InChI=1S/C20H32O3Si/c1-19(2,3)24(6,7)23-17-12-13-20(4,14-18(21)22-5)16-11-9-8-10-15(16)17/h8-11,17H,12-14H2,1-7H3/t17-,20+/m0/s1. The van der Waals surface area contributed by atoms with Gasteiger partial charge in [-0.25, -0.2) is 0 Å². The van der Waals surface area contributed by atoms with Crippen LogP contribution in [-0.4, -0.2) is 21.4 Å². The third-order valence-corrected chi connectivity index (χ3v) is 10.4. The van der Waals surface area contributed by atoms with Crippen molar-refractivity contribution in [2.45, 2.75) is 76.6 Å². The van der Waals surface area contributed by atoms with Gasteiger partial charge in [-0.05, 0) is 42.1 Å². The maximum atomic E-state index is 11.9. The Morgan fingerprint density at radius 3 is 2.50 bits per heavy atom. The van der Waals surface area contributed by atoms with Gasteiger partial charge in [0.2, 0.25) is 0 Å². The highest BCUT2D eigenvalue weighted by molar-refractivity contribution is 6.74. The van der Waals surface area contributed by atoms with E-state index >= 15 is 0 Å². The van der Waals surface area contributed by atoms with Crippen molar-refractivity contribution in [2.75, 3.05) is 7.11 Å². The van der Waals surface area contributed by atoms with Crippen molar-refractivity contribution in [3.63, 3.8) is 0 Å². The zero-order valence-electron chi connectivity index (χ0n) is 16.2. The predicted octanol–water partition coefficient (Wildman–Crippen LogP) is 5.36. The summed E-state index contributed by atoms with van der Waals surface area (Å²) >= 11 is 0. The number of hydrogen-bond donors (Lipinski definition) is 0. The normalized spacial score (nSPS) is 24.4. The van der Waals surface area contributed by atoms with Crippen molar-refractivity contribution < 1.29 is 14.0 Å². The Kier molecular flexibility index (Phi) is 5.31. The number of methoxy groups -OCH3 is 1. The summed E-state index contributed by atoms with van der Waals surface area (Å²) in [6, 6.07) is 8.45. The summed E-state index contributed by atoms with van der Waals surface area (Å²) in [5.41, 5.74) is 2.32. The van der Waals surface area contributed by atoms with E-state index in [1.165, 1.54) is 18.2 Å². The van der Waals surface area contributed by atoms with E-state index in [0.717, 1.165) is 12.8 Å². The molecule has 0 saturated carbocycles. The maximum absolute atomic E-state index is 11.9. The summed E-state index contributed by atoms with van der Waals surface area (Å²) in [6.07, 6.45) is 2.45. The van der Waals surface area contributed by atoms with Crippen LogP contribution in [0.2, 0.25) is 18.1 Å². The molecular weight excluding hydrogens is 316 g/mol. The fourth-order valence-electron chi connectivity index (χ4n) is 3.30. The van der Waals surface area contributed by atoms with E-state index in [0.29, 0.717) is 6.42 Å². The van der Waals surface area contributed by atoms with Gasteiger partial charge in [-0.1, -0.05) is 52.0 Å². The minimum absolute atomic E-state index is 0.132. The number of ether oxygens (including phenoxy) is 1. The van der Waals surface area contributed by atoms with Gasteiger partial charge in [0.25, 0.3) is 0 Å². The van der Waals surface area contributed by atoms with Gasteiger partial charge in [-0.15, -0.1) is 0 Å². The number of fused-ring (bicyclic) bond motifs is 1. The van der Waals surface area contributed by atoms with E-state index in [9.17, 15) is 4.79 Å². The van der Waals surface area contributed by atoms with Crippen LogP contribution in [0.15, 0.2) is 24.3 Å². The average Bonchev–Trinajstić information content (AvgIpc) is 2.49. The smallest absolute Gasteiger partial charge is 0.306 e. The molecule has 0 N–H and O–H groups in total. The summed E-state index contributed by atoms with van der Waals surface area (Å²) in [5.74, 6) is -0.143. The van der Waals surface area contributed by atoms with E-state index in [1.807, 2.05) is 0 Å². The van der Waals surface area contributed by atoms with E-state index in [4.69, 9.17) is 9.16 Å². The summed E-state index contributed by atoms with van der Waals surface area (Å²) in [5, 5.41) is 0.189. The van der Waals surface area contributed by atoms with Gasteiger partial charge >= 0.3 is 5.97 Å². The van der Waals surface area contributed by atoms with Crippen LogP contribution in [-0.2, 0) is 19.4 Å². The molecule has 0 radical (unpaired) electrons. The van der Waals surface area contributed by atoms with Crippen LogP contribution in [0.25, 0.3) is 0 Å². The first-order chi connectivity index (χ1) is 11.0. The Balaban J connectivity index is 2.34. The van der Waals surface area contributed by atoms with Crippen LogP contribution in [0.1, 0.15) is 64.2 Å². The van der Waals surface area contributed by atoms with Gasteiger partial charge < -0.3 is 9.16 Å². The SMILES string of the molecule is COC(=O)C[C@@]1(C)CC[C@H](O[Si](C)(C)C(C)(C)C)c2ccccc21. The number of carbonyl (C=O) groups is 1. The second-order valence-corrected chi connectivity index (χ2v) is 13.6. The van der Waals surface area contributed by atoms with Gasteiger partial charge in [0.15, 0.2) is 8.32 Å². The zero-order chi connectivity index (χ0) is 18.2. The highest BCUT2D eigenvalue weighted by Gasteiger charge is 2.43. The molecular formula is C20H32O3Si. The van der Waals surface area contributed by atoms with Crippen molar-refractivity contribution in [3.05, 3.63) is 35.4 Å². The van der Waals surface area contributed by atoms with Crippen molar-refractivity contribution in [2.24, 2.45) is 0 Å². The maximum Gasteiger partial charge on any atom is 0.306 e. The molecule has 0 aliphatic heterocycles. The Labute approximate surface area is 147 Å². The lowest BCUT2D eigenvalue weighted by Crippen LogP contribution is -2.43. The Morgan fingerprint density at radius 2 is 1.92 bits per heavy atom. The molecule has 1 aliphatic rings. The zero-order valence-corrected chi connectivity index (χ0v) is 17.2. The minimum atomic E-state index is -1.84. The number of benzene rings is 1. The molecule has 0 fully saturated rings. The number of carbonyl (C=O) groups excluding carboxylic acids is 1. The van der Waals surface area contributed by atoms with Crippen molar-refractivity contribution in [1.82, 2.24) is 0 Å². The number of esters is 1. The Hall–Kier alpha value is -1.13. The molecule has 1 aromatic rings. The molecule has 3 nitrogen and oxygen atoms in total. The molecule has 134 valence electrons. The van der Waals surface area contributed by atoms with Crippen LogP contribution in [0, 0.1) is 0 Å². The fourth-order valence-corrected chi connectivity index (χ4v) is 4.61. The summed E-state index contributed by atoms with van der Waals surface area (Å²) in [7, 11) is -0.376. The van der Waals surface area contributed by atoms with Crippen LogP contribution >= 0.6 is 0 Å². The molecule has 0 aromatic heterocycles. The molecule has 24 heavy (non-hydrogen) atoms. The molecule has 0 spiro atoms. The Bertz CT molecular complexity index is 603. The van der Waals surface area contributed by atoms with Gasteiger partial charge in [0.05, 0.1) is 19.6 Å². The highest BCUT2D eigenvalue weighted by Crippen LogP contribution is 2.48. The lowest BCUT2D eigenvalue weighted by atomic mass is 9.68. The van der Waals surface area contributed by atoms with Crippen LogP contribution in [0.3, 0.4) is 0 Å². The van der Waals surface area contributed by atoms with Crippen LogP contribution in [0.5, 0.6) is 0 Å². The van der Waals surface area contributed by atoms with Crippen molar-refractivity contribution in [1.29, 1.82) is 0 Å². The largest absolute Gasteiger partial charge is 0.469 e. The van der Waals surface area contributed by atoms with E-state index in [1.54, 1.807) is 0 Å². The van der Waals surface area contributed by atoms with Crippen molar-refractivity contribution in [3.8, 4) is 0 Å². The van der Waals surface area contributed by atoms with Gasteiger partial charge in [-0.2, -0.15) is 0 Å². The minimum Gasteiger partial charge on any atom is -0.469 e. The molecule has 4 heteroatoms.